The van der Waals surface area contributed by atoms with Crippen molar-refractivity contribution in [1.82, 2.24) is 19.7 Å². The van der Waals surface area contributed by atoms with Gasteiger partial charge in [0.2, 0.25) is 0 Å². The second-order valence-electron chi connectivity index (χ2n) is 5.86. The Kier molecular flexibility index (Phi) is 4.85. The molecule has 0 saturated carbocycles. The Hall–Kier alpha value is -2.34. The van der Waals surface area contributed by atoms with Crippen molar-refractivity contribution >= 4 is 27.8 Å². The summed E-state index contributed by atoms with van der Waals surface area (Å²) in [4.78, 5) is 10.1. The van der Waals surface area contributed by atoms with Crippen LogP contribution in [0.5, 0.6) is 0 Å². The Bertz CT molecular complexity index is 859. The molecule has 2 N–H and O–H groups in total. The zero-order valence-corrected chi connectivity index (χ0v) is 15.3. The molecule has 0 fully saturated rings. The van der Waals surface area contributed by atoms with Gasteiger partial charge in [-0.05, 0) is 33.8 Å². The predicted octanol–water partition coefficient (Wildman–Crippen LogP) is 4.25. The zero-order valence-electron chi connectivity index (χ0n) is 14.5. The summed E-state index contributed by atoms with van der Waals surface area (Å²) in [6.07, 6.45) is 9.95. The highest BCUT2D eigenvalue weighted by molar-refractivity contribution is 7.18. The maximum Gasteiger partial charge on any atom is 0.183 e. The van der Waals surface area contributed by atoms with Crippen LogP contribution in [0.25, 0.3) is 21.8 Å². The molecule has 0 unspecified atom stereocenters. The summed E-state index contributed by atoms with van der Waals surface area (Å²) < 4.78 is 2.07. The highest BCUT2D eigenvalue weighted by Crippen LogP contribution is 2.32. The van der Waals surface area contributed by atoms with E-state index in [9.17, 15) is 0 Å². The number of aromatic nitrogens is 3. The van der Waals surface area contributed by atoms with Gasteiger partial charge in [-0.3, -0.25) is 0 Å². The monoisotopic (exact) mass is 341 g/mol. The van der Waals surface area contributed by atoms with Gasteiger partial charge in [-0.1, -0.05) is 17.4 Å². The second kappa shape index (κ2) is 7.05. The smallest absolute Gasteiger partial charge is 0.183 e. The highest BCUT2D eigenvalue weighted by Gasteiger charge is 2.12. The van der Waals surface area contributed by atoms with Crippen molar-refractivity contribution in [2.75, 3.05) is 11.9 Å². The minimum atomic E-state index is 0.374. The van der Waals surface area contributed by atoms with E-state index in [0.29, 0.717) is 6.04 Å². The first-order chi connectivity index (χ1) is 11.6. The maximum absolute atomic E-state index is 4.51. The minimum Gasteiger partial charge on any atom is -0.385 e. The van der Waals surface area contributed by atoms with Gasteiger partial charge in [0.05, 0.1) is 4.88 Å². The quantitative estimate of drug-likeness (QED) is 0.704. The van der Waals surface area contributed by atoms with Crippen LogP contribution in [-0.2, 0) is 0 Å². The third-order valence-electron chi connectivity index (χ3n) is 3.64. The van der Waals surface area contributed by atoms with Crippen molar-refractivity contribution in [3.05, 3.63) is 42.5 Å². The van der Waals surface area contributed by atoms with Crippen LogP contribution in [0.3, 0.4) is 0 Å². The molecule has 0 aliphatic carbocycles. The number of thiazole rings is 1. The van der Waals surface area contributed by atoms with Crippen LogP contribution >= 0.6 is 11.3 Å². The number of rotatable bonds is 6. The first-order valence-electron chi connectivity index (χ1n) is 8.22. The van der Waals surface area contributed by atoms with Crippen molar-refractivity contribution in [1.29, 1.82) is 0 Å². The van der Waals surface area contributed by atoms with E-state index < -0.39 is 0 Å². The maximum atomic E-state index is 4.51. The number of hydrogen-bond donors (Lipinski definition) is 2. The van der Waals surface area contributed by atoms with Gasteiger partial charge in [-0.15, -0.1) is 0 Å². The Morgan fingerprint density at radius 3 is 2.92 bits per heavy atom. The van der Waals surface area contributed by atoms with E-state index in [1.807, 2.05) is 25.5 Å². The molecule has 6 heteroatoms. The lowest BCUT2D eigenvalue weighted by atomic mass is 10.1. The second-order valence-corrected chi connectivity index (χ2v) is 6.89. The molecule has 0 aromatic carbocycles. The predicted molar refractivity (Wildman–Crippen MR) is 102 cm³/mol. The number of nitrogens with zero attached hydrogens (tertiary/aromatic N) is 3. The Morgan fingerprint density at radius 2 is 2.21 bits per heavy atom. The summed E-state index contributed by atoms with van der Waals surface area (Å²) in [5, 5.41) is 7.73. The molecule has 3 aromatic rings. The Balaban J connectivity index is 2.07. The van der Waals surface area contributed by atoms with Crippen molar-refractivity contribution in [2.45, 2.75) is 33.7 Å². The molecule has 3 aromatic heterocycles. The molecule has 126 valence electrons. The molecule has 0 aliphatic heterocycles. The summed E-state index contributed by atoms with van der Waals surface area (Å²) in [5.41, 5.74) is 4.30. The van der Waals surface area contributed by atoms with Crippen LogP contribution in [0.4, 0.5) is 5.13 Å². The van der Waals surface area contributed by atoms with E-state index in [1.165, 1.54) is 0 Å². The Morgan fingerprint density at radius 1 is 1.38 bits per heavy atom. The van der Waals surface area contributed by atoms with Gasteiger partial charge in [0.15, 0.2) is 5.13 Å². The fourth-order valence-corrected chi connectivity index (χ4v) is 3.57. The lowest BCUT2D eigenvalue weighted by Gasteiger charge is -2.12. The number of hydrogen-bond acceptors (Lipinski definition) is 5. The van der Waals surface area contributed by atoms with E-state index in [1.54, 1.807) is 11.3 Å². The fraction of sp³-hybridized carbons (Fsp3) is 0.333. The number of pyridine rings is 1. The Labute approximate surface area is 146 Å². The standard InChI is InChI=1S/C18H23N5S/c1-5-15(19-6-2)14-9-13(11-23-8-7-20-17(14)23)16-10-21-18(24-16)22-12(3)4/h5,7-12,19H,6H2,1-4H3,(H,21,22)/b15-5-. The number of allylic oxidation sites excluding steroid dienone is 1. The molecule has 0 atom stereocenters. The van der Waals surface area contributed by atoms with Crippen LogP contribution in [-0.4, -0.2) is 27.0 Å². The normalized spacial score (nSPS) is 12.1. The zero-order chi connectivity index (χ0) is 17.1. The third-order valence-corrected chi connectivity index (χ3v) is 4.61. The lowest BCUT2D eigenvalue weighted by Crippen LogP contribution is -2.12. The van der Waals surface area contributed by atoms with Gasteiger partial charge in [0, 0.05) is 54.2 Å². The first-order valence-corrected chi connectivity index (χ1v) is 9.04. The minimum absolute atomic E-state index is 0.374. The summed E-state index contributed by atoms with van der Waals surface area (Å²) in [6.45, 7) is 9.25. The van der Waals surface area contributed by atoms with Crippen LogP contribution in [0.1, 0.15) is 33.3 Å². The SMILES string of the molecule is C/C=C(\NCC)c1cc(-c2cnc(NC(C)C)s2)cn2ccnc12. The van der Waals surface area contributed by atoms with Crippen molar-refractivity contribution in [3.8, 4) is 10.4 Å². The van der Waals surface area contributed by atoms with E-state index >= 15 is 0 Å². The average molecular weight is 341 g/mol. The van der Waals surface area contributed by atoms with Crippen LogP contribution in [0.2, 0.25) is 0 Å². The van der Waals surface area contributed by atoms with Gasteiger partial charge in [-0.25, -0.2) is 9.97 Å². The molecule has 0 aliphatic rings. The molecule has 0 saturated heterocycles. The van der Waals surface area contributed by atoms with Crippen LogP contribution in [0.15, 0.2) is 36.9 Å². The molecule has 3 rings (SSSR count). The molecular weight excluding hydrogens is 318 g/mol. The summed E-state index contributed by atoms with van der Waals surface area (Å²) >= 11 is 1.67. The molecule has 0 radical (unpaired) electrons. The summed E-state index contributed by atoms with van der Waals surface area (Å²) in [7, 11) is 0. The lowest BCUT2D eigenvalue weighted by molar-refractivity contribution is 0.896. The molecular formula is C18H23N5S. The number of imidazole rings is 1. The largest absolute Gasteiger partial charge is 0.385 e. The third kappa shape index (κ3) is 3.28. The molecule has 24 heavy (non-hydrogen) atoms. The topological polar surface area (TPSA) is 54.2 Å². The molecule has 0 bridgehead atoms. The van der Waals surface area contributed by atoms with Gasteiger partial charge in [0.25, 0.3) is 0 Å². The van der Waals surface area contributed by atoms with E-state index in [2.05, 4.69) is 64.1 Å². The van der Waals surface area contributed by atoms with Gasteiger partial charge >= 0.3 is 0 Å². The number of nitrogens with one attached hydrogen (secondary N) is 2. The van der Waals surface area contributed by atoms with Crippen LogP contribution in [0, 0.1) is 0 Å². The average Bonchev–Trinajstić information content (AvgIpc) is 3.20. The van der Waals surface area contributed by atoms with E-state index in [-0.39, 0.29) is 0 Å². The first kappa shape index (κ1) is 16.5. The molecule has 5 nitrogen and oxygen atoms in total. The van der Waals surface area contributed by atoms with Gasteiger partial charge in [-0.2, -0.15) is 0 Å². The fourth-order valence-electron chi connectivity index (χ4n) is 2.63. The van der Waals surface area contributed by atoms with E-state index in [4.69, 9.17) is 0 Å². The highest BCUT2D eigenvalue weighted by atomic mass is 32.1. The van der Waals surface area contributed by atoms with Crippen molar-refractivity contribution in [2.24, 2.45) is 0 Å². The van der Waals surface area contributed by atoms with Gasteiger partial charge < -0.3 is 15.0 Å². The molecule has 0 spiro atoms. The number of fused-ring (bicyclic) bond motifs is 1. The van der Waals surface area contributed by atoms with Crippen LogP contribution < -0.4 is 10.6 Å². The van der Waals surface area contributed by atoms with Gasteiger partial charge in [0.1, 0.15) is 5.65 Å². The number of anilines is 1. The molecule has 0 amide bonds. The van der Waals surface area contributed by atoms with Crippen molar-refractivity contribution in [3.63, 3.8) is 0 Å². The van der Waals surface area contributed by atoms with E-state index in [0.717, 1.165) is 39.0 Å². The summed E-state index contributed by atoms with van der Waals surface area (Å²) in [5.74, 6) is 0. The summed E-state index contributed by atoms with van der Waals surface area (Å²) in [6, 6.07) is 2.56. The van der Waals surface area contributed by atoms with Crippen molar-refractivity contribution < 1.29 is 0 Å². The molecule has 3 heterocycles.